The van der Waals surface area contributed by atoms with Crippen LogP contribution in [0.25, 0.3) is 0 Å². The number of aryl methyl sites for hydroxylation is 1. The normalized spacial score (nSPS) is 11.7. The van der Waals surface area contributed by atoms with Crippen LogP contribution < -0.4 is 16.6 Å². The second-order valence-corrected chi connectivity index (χ2v) is 3.96. The molecule has 0 atom stereocenters. The predicted molar refractivity (Wildman–Crippen MR) is 70.9 cm³/mol. The molecule has 102 valence electrons. The number of nitrogens with two attached hydrogens (primary N) is 1. The predicted octanol–water partition coefficient (Wildman–Crippen LogP) is -0.326. The van der Waals surface area contributed by atoms with Gasteiger partial charge in [-0.15, -0.1) is 0 Å². The highest BCUT2D eigenvalue weighted by molar-refractivity contribution is 5.79. The van der Waals surface area contributed by atoms with Gasteiger partial charge in [-0.25, -0.2) is 10.8 Å². The molecule has 1 aromatic heterocycles. The number of hydrogen-bond donors (Lipinski definition) is 3. The summed E-state index contributed by atoms with van der Waals surface area (Å²) in [6.07, 6.45) is 2.72. The molecular formula is C11H22N6O. The molecule has 0 spiro atoms. The molecular weight excluding hydrogens is 232 g/mol. The van der Waals surface area contributed by atoms with Crippen LogP contribution in [0.5, 0.6) is 0 Å². The summed E-state index contributed by atoms with van der Waals surface area (Å²) in [5.74, 6) is 5.98. The van der Waals surface area contributed by atoms with Gasteiger partial charge in [-0.3, -0.25) is 10.1 Å². The van der Waals surface area contributed by atoms with Crippen molar-refractivity contribution in [2.24, 2.45) is 17.9 Å². The van der Waals surface area contributed by atoms with Gasteiger partial charge in [0.2, 0.25) is 5.96 Å². The number of methoxy groups -OCH3 is 1. The fourth-order valence-electron chi connectivity index (χ4n) is 1.44. The number of guanidine groups is 1. The fourth-order valence-corrected chi connectivity index (χ4v) is 1.44. The van der Waals surface area contributed by atoms with Gasteiger partial charge in [0.05, 0.1) is 12.7 Å². The largest absolute Gasteiger partial charge is 0.385 e. The Morgan fingerprint density at radius 3 is 2.94 bits per heavy atom. The Labute approximate surface area is 107 Å². The van der Waals surface area contributed by atoms with Crippen molar-refractivity contribution in [3.63, 3.8) is 0 Å². The van der Waals surface area contributed by atoms with E-state index in [0.29, 0.717) is 19.1 Å². The molecule has 4 N–H and O–H groups in total. The van der Waals surface area contributed by atoms with E-state index in [2.05, 4.69) is 20.8 Å². The fraction of sp³-hybridized carbons (Fsp3) is 0.636. The van der Waals surface area contributed by atoms with Crippen LogP contribution in [-0.4, -0.2) is 36.0 Å². The lowest BCUT2D eigenvalue weighted by molar-refractivity contribution is 0.195. The summed E-state index contributed by atoms with van der Waals surface area (Å²) >= 11 is 0. The zero-order valence-corrected chi connectivity index (χ0v) is 11.2. The van der Waals surface area contributed by atoms with E-state index >= 15 is 0 Å². The third kappa shape index (κ3) is 4.34. The van der Waals surface area contributed by atoms with Crippen molar-refractivity contribution >= 4 is 5.96 Å². The van der Waals surface area contributed by atoms with Crippen molar-refractivity contribution in [3.8, 4) is 0 Å². The van der Waals surface area contributed by atoms with Gasteiger partial charge in [-0.05, 0) is 13.3 Å². The summed E-state index contributed by atoms with van der Waals surface area (Å²) in [7, 11) is 3.59. The minimum Gasteiger partial charge on any atom is -0.385 e. The Balaban J connectivity index is 2.44. The molecule has 18 heavy (non-hydrogen) atoms. The Morgan fingerprint density at radius 1 is 1.61 bits per heavy atom. The molecule has 0 aliphatic heterocycles. The van der Waals surface area contributed by atoms with Crippen LogP contribution in [0.2, 0.25) is 0 Å². The highest BCUT2D eigenvalue weighted by Gasteiger charge is 2.03. The van der Waals surface area contributed by atoms with Crippen LogP contribution in [0.4, 0.5) is 0 Å². The van der Waals surface area contributed by atoms with Gasteiger partial charge in [0.15, 0.2) is 0 Å². The van der Waals surface area contributed by atoms with Crippen molar-refractivity contribution in [1.29, 1.82) is 0 Å². The Kier molecular flexibility index (Phi) is 6.16. The highest BCUT2D eigenvalue weighted by atomic mass is 16.5. The maximum absolute atomic E-state index is 5.40. The van der Waals surface area contributed by atoms with E-state index in [9.17, 15) is 0 Å². The van der Waals surface area contributed by atoms with E-state index in [1.54, 1.807) is 7.11 Å². The molecule has 1 heterocycles. The van der Waals surface area contributed by atoms with E-state index in [1.165, 1.54) is 0 Å². The summed E-state index contributed by atoms with van der Waals surface area (Å²) in [6, 6.07) is 0. The molecule has 0 aliphatic rings. The summed E-state index contributed by atoms with van der Waals surface area (Å²) in [6.45, 7) is 4.05. The number of aromatic nitrogens is 2. The molecule has 0 bridgehead atoms. The van der Waals surface area contributed by atoms with Gasteiger partial charge in [-0.2, -0.15) is 5.10 Å². The quantitative estimate of drug-likeness (QED) is 0.213. The summed E-state index contributed by atoms with van der Waals surface area (Å²) in [5.41, 5.74) is 4.74. The van der Waals surface area contributed by atoms with Gasteiger partial charge in [0, 0.05) is 38.6 Å². The molecule has 0 fully saturated rings. The number of ether oxygens (including phenoxy) is 1. The molecule has 0 aliphatic carbocycles. The van der Waals surface area contributed by atoms with E-state index in [4.69, 9.17) is 10.6 Å². The Bertz CT molecular complexity index is 387. The molecule has 1 aromatic rings. The Hall–Kier alpha value is -1.60. The number of aliphatic imine (C=N–C) groups is 1. The van der Waals surface area contributed by atoms with Crippen LogP contribution in [-0.2, 0) is 18.3 Å². The van der Waals surface area contributed by atoms with Crippen LogP contribution in [0.3, 0.4) is 0 Å². The average molecular weight is 254 g/mol. The van der Waals surface area contributed by atoms with Crippen LogP contribution >= 0.6 is 0 Å². The van der Waals surface area contributed by atoms with Crippen molar-refractivity contribution in [2.75, 3.05) is 20.3 Å². The monoisotopic (exact) mass is 254 g/mol. The lowest BCUT2D eigenvalue weighted by Crippen LogP contribution is -2.42. The molecule has 0 unspecified atom stereocenters. The SMILES string of the molecule is COCCCNC(=NCc1cnn(C)c1C)NN. The minimum atomic E-state index is 0.552. The van der Waals surface area contributed by atoms with Crippen LogP contribution in [0, 0.1) is 6.92 Å². The third-order valence-electron chi connectivity index (χ3n) is 2.70. The molecule has 0 aromatic carbocycles. The summed E-state index contributed by atoms with van der Waals surface area (Å²) < 4.78 is 6.79. The zero-order chi connectivity index (χ0) is 13.4. The van der Waals surface area contributed by atoms with Crippen molar-refractivity contribution in [2.45, 2.75) is 19.9 Å². The maximum Gasteiger partial charge on any atom is 0.206 e. The molecule has 0 amide bonds. The van der Waals surface area contributed by atoms with E-state index < -0.39 is 0 Å². The second-order valence-electron chi connectivity index (χ2n) is 3.96. The summed E-state index contributed by atoms with van der Waals surface area (Å²) in [5, 5.41) is 7.27. The zero-order valence-electron chi connectivity index (χ0n) is 11.2. The smallest absolute Gasteiger partial charge is 0.206 e. The Morgan fingerprint density at radius 2 is 2.39 bits per heavy atom. The van der Waals surface area contributed by atoms with Crippen LogP contribution in [0.1, 0.15) is 17.7 Å². The van der Waals surface area contributed by atoms with E-state index in [0.717, 1.165) is 24.2 Å². The first-order chi connectivity index (χ1) is 8.69. The molecule has 1 rings (SSSR count). The lowest BCUT2D eigenvalue weighted by Gasteiger charge is -2.08. The first kappa shape index (κ1) is 14.5. The van der Waals surface area contributed by atoms with Crippen molar-refractivity contribution in [1.82, 2.24) is 20.5 Å². The number of nitrogens with one attached hydrogen (secondary N) is 2. The standard InChI is InChI=1S/C11H22N6O/c1-9-10(8-15-17(9)2)7-14-11(16-12)13-5-4-6-18-3/h8H,4-7,12H2,1-3H3,(H2,13,14,16). The molecule has 0 radical (unpaired) electrons. The third-order valence-corrected chi connectivity index (χ3v) is 2.70. The minimum absolute atomic E-state index is 0.552. The highest BCUT2D eigenvalue weighted by Crippen LogP contribution is 2.06. The van der Waals surface area contributed by atoms with E-state index in [1.807, 2.05) is 24.9 Å². The first-order valence-electron chi connectivity index (χ1n) is 5.90. The van der Waals surface area contributed by atoms with Gasteiger partial charge >= 0.3 is 0 Å². The lowest BCUT2D eigenvalue weighted by atomic mass is 10.3. The molecule has 0 saturated carbocycles. The van der Waals surface area contributed by atoms with Crippen LogP contribution in [0.15, 0.2) is 11.2 Å². The molecule has 0 saturated heterocycles. The first-order valence-corrected chi connectivity index (χ1v) is 5.90. The second kappa shape index (κ2) is 7.67. The maximum atomic E-state index is 5.40. The van der Waals surface area contributed by atoms with E-state index in [-0.39, 0.29) is 0 Å². The number of rotatable bonds is 6. The van der Waals surface area contributed by atoms with Crippen molar-refractivity contribution in [3.05, 3.63) is 17.5 Å². The van der Waals surface area contributed by atoms with Gasteiger partial charge < -0.3 is 10.1 Å². The summed E-state index contributed by atoms with van der Waals surface area (Å²) in [4.78, 5) is 4.36. The topological polar surface area (TPSA) is 89.5 Å². The van der Waals surface area contributed by atoms with Gasteiger partial charge in [0.1, 0.15) is 0 Å². The number of nitrogens with zero attached hydrogens (tertiary/aromatic N) is 3. The average Bonchev–Trinajstić information content (AvgIpc) is 2.69. The van der Waals surface area contributed by atoms with Gasteiger partial charge in [-0.1, -0.05) is 0 Å². The molecule has 7 heteroatoms. The molecule has 7 nitrogen and oxygen atoms in total. The van der Waals surface area contributed by atoms with Crippen molar-refractivity contribution < 1.29 is 4.74 Å². The number of hydrazine groups is 1. The number of hydrogen-bond acceptors (Lipinski definition) is 4. The van der Waals surface area contributed by atoms with Gasteiger partial charge in [0.25, 0.3) is 0 Å².